The zero-order valence-corrected chi connectivity index (χ0v) is 12.2. The molecule has 1 rings (SSSR count). The Morgan fingerprint density at radius 3 is 2.69 bits per heavy atom. The first-order valence-electron chi connectivity index (χ1n) is 5.07. The summed E-state index contributed by atoms with van der Waals surface area (Å²) in [5.41, 5.74) is 1.87. The first kappa shape index (κ1) is 13.6. The fraction of sp³-hybridized carbons (Fsp3) is 0.417. The van der Waals surface area contributed by atoms with Crippen molar-refractivity contribution in [1.29, 1.82) is 0 Å². The highest BCUT2D eigenvalue weighted by Gasteiger charge is 2.07. The van der Waals surface area contributed by atoms with Crippen LogP contribution in [-0.4, -0.2) is 31.4 Å². The van der Waals surface area contributed by atoms with Crippen molar-refractivity contribution >= 4 is 39.2 Å². The Hall–Kier alpha value is -0.480. The summed E-state index contributed by atoms with van der Waals surface area (Å²) in [6.07, 6.45) is 2.10. The quantitative estimate of drug-likeness (QED) is 0.777. The summed E-state index contributed by atoms with van der Waals surface area (Å²) in [6, 6.07) is 5.86. The third-order valence-electron chi connectivity index (χ3n) is 2.40. The lowest BCUT2D eigenvalue weighted by atomic mass is 10.1. The summed E-state index contributed by atoms with van der Waals surface area (Å²) < 4.78 is 0.869. The Labute approximate surface area is 110 Å². The number of Topliss-reactive ketones (excluding diaryl/α,β-unsaturated/α-hetero) is 1. The van der Waals surface area contributed by atoms with Crippen LogP contribution in [0.15, 0.2) is 22.7 Å². The first-order chi connectivity index (χ1) is 7.56. The Kier molecular flexibility index (Phi) is 5.35. The largest absolute Gasteiger partial charge is 0.374 e. The van der Waals surface area contributed by atoms with Gasteiger partial charge in [-0.3, -0.25) is 4.79 Å². The van der Waals surface area contributed by atoms with Crippen LogP contribution in [0.3, 0.4) is 0 Å². The van der Waals surface area contributed by atoms with E-state index in [-0.39, 0.29) is 5.78 Å². The summed E-state index contributed by atoms with van der Waals surface area (Å²) in [5, 5.41) is 0. The molecule has 0 atom stereocenters. The number of nitrogens with zero attached hydrogens (tertiary/aromatic N) is 1. The molecule has 0 radical (unpaired) electrons. The van der Waals surface area contributed by atoms with Gasteiger partial charge in [0.15, 0.2) is 5.78 Å². The highest BCUT2D eigenvalue weighted by molar-refractivity contribution is 9.10. The van der Waals surface area contributed by atoms with Crippen LogP contribution in [-0.2, 0) is 0 Å². The molecule has 4 heteroatoms. The number of halogens is 1. The average molecular weight is 302 g/mol. The average Bonchev–Trinajstić information content (AvgIpc) is 2.25. The SMILES string of the molecule is CSCCN(C)c1ccc(C(C)=O)c(Br)c1. The van der Waals surface area contributed by atoms with Gasteiger partial charge in [-0.1, -0.05) is 0 Å². The summed E-state index contributed by atoms with van der Waals surface area (Å²) >= 11 is 5.26. The first-order valence-corrected chi connectivity index (χ1v) is 7.25. The Morgan fingerprint density at radius 2 is 2.19 bits per heavy atom. The van der Waals surface area contributed by atoms with E-state index in [1.165, 1.54) is 0 Å². The number of hydrogen-bond donors (Lipinski definition) is 0. The van der Waals surface area contributed by atoms with E-state index >= 15 is 0 Å². The van der Waals surface area contributed by atoms with Gasteiger partial charge < -0.3 is 4.90 Å². The maximum Gasteiger partial charge on any atom is 0.160 e. The minimum Gasteiger partial charge on any atom is -0.374 e. The van der Waals surface area contributed by atoms with Gasteiger partial charge >= 0.3 is 0 Å². The van der Waals surface area contributed by atoms with Crippen molar-refractivity contribution in [3.8, 4) is 0 Å². The second-order valence-electron chi connectivity index (χ2n) is 3.63. The van der Waals surface area contributed by atoms with Gasteiger partial charge in [0.2, 0.25) is 0 Å². The van der Waals surface area contributed by atoms with Crippen molar-refractivity contribution < 1.29 is 4.79 Å². The number of hydrogen-bond acceptors (Lipinski definition) is 3. The molecule has 1 aromatic carbocycles. The number of carbonyl (C=O) groups excluding carboxylic acids is 1. The van der Waals surface area contributed by atoms with Gasteiger partial charge in [0.05, 0.1) is 0 Å². The minimum absolute atomic E-state index is 0.0881. The number of rotatable bonds is 5. The van der Waals surface area contributed by atoms with Crippen LogP contribution < -0.4 is 4.90 Å². The molecule has 0 saturated carbocycles. The Bertz CT molecular complexity index is 381. The van der Waals surface area contributed by atoms with E-state index in [0.717, 1.165) is 28.0 Å². The van der Waals surface area contributed by atoms with E-state index in [0.29, 0.717) is 0 Å². The smallest absolute Gasteiger partial charge is 0.160 e. The summed E-state index contributed by atoms with van der Waals surface area (Å²) in [7, 11) is 2.06. The highest BCUT2D eigenvalue weighted by Crippen LogP contribution is 2.24. The predicted molar refractivity (Wildman–Crippen MR) is 75.8 cm³/mol. The molecule has 0 aliphatic heterocycles. The van der Waals surface area contributed by atoms with Crippen molar-refractivity contribution in [1.82, 2.24) is 0 Å². The van der Waals surface area contributed by atoms with Crippen LogP contribution in [0.5, 0.6) is 0 Å². The van der Waals surface area contributed by atoms with Crippen molar-refractivity contribution in [3.63, 3.8) is 0 Å². The van der Waals surface area contributed by atoms with Crippen LogP contribution in [0, 0.1) is 0 Å². The van der Waals surface area contributed by atoms with Crippen LogP contribution >= 0.6 is 27.7 Å². The lowest BCUT2D eigenvalue weighted by Crippen LogP contribution is -2.20. The standard InChI is InChI=1S/C12H16BrNOS/c1-9(15)11-5-4-10(8-12(11)13)14(2)6-7-16-3/h4-5,8H,6-7H2,1-3H3. The van der Waals surface area contributed by atoms with Gasteiger partial charge in [-0.2, -0.15) is 11.8 Å². The number of anilines is 1. The molecular formula is C12H16BrNOS. The molecular weight excluding hydrogens is 286 g/mol. The van der Waals surface area contributed by atoms with E-state index < -0.39 is 0 Å². The van der Waals surface area contributed by atoms with E-state index in [9.17, 15) is 4.79 Å². The van der Waals surface area contributed by atoms with Gasteiger partial charge in [0.1, 0.15) is 0 Å². The zero-order valence-electron chi connectivity index (χ0n) is 9.79. The van der Waals surface area contributed by atoms with E-state index in [1.807, 2.05) is 30.0 Å². The molecule has 0 aromatic heterocycles. The molecule has 2 nitrogen and oxygen atoms in total. The van der Waals surface area contributed by atoms with Crippen molar-refractivity contribution in [2.75, 3.05) is 30.5 Å². The number of carbonyl (C=O) groups is 1. The molecule has 0 fully saturated rings. The molecule has 0 unspecified atom stereocenters. The molecule has 0 saturated heterocycles. The summed E-state index contributed by atoms with van der Waals surface area (Å²) in [6.45, 7) is 2.59. The van der Waals surface area contributed by atoms with Gasteiger partial charge in [-0.15, -0.1) is 0 Å². The van der Waals surface area contributed by atoms with E-state index in [2.05, 4.69) is 34.1 Å². The third-order valence-corrected chi connectivity index (χ3v) is 3.65. The molecule has 0 bridgehead atoms. The molecule has 0 aliphatic rings. The predicted octanol–water partition coefficient (Wildman–Crippen LogP) is 3.45. The lowest BCUT2D eigenvalue weighted by molar-refractivity contribution is 0.101. The molecule has 0 amide bonds. The minimum atomic E-state index is 0.0881. The van der Waals surface area contributed by atoms with Gasteiger partial charge in [0.25, 0.3) is 0 Å². The van der Waals surface area contributed by atoms with Crippen LogP contribution in [0.4, 0.5) is 5.69 Å². The lowest BCUT2D eigenvalue weighted by Gasteiger charge is -2.19. The fourth-order valence-corrected chi connectivity index (χ4v) is 2.49. The zero-order chi connectivity index (χ0) is 12.1. The number of ketones is 1. The van der Waals surface area contributed by atoms with Crippen molar-refractivity contribution in [3.05, 3.63) is 28.2 Å². The molecule has 0 aliphatic carbocycles. The van der Waals surface area contributed by atoms with E-state index in [4.69, 9.17) is 0 Å². The normalized spacial score (nSPS) is 10.2. The maximum atomic E-state index is 11.3. The van der Waals surface area contributed by atoms with Gasteiger partial charge in [-0.25, -0.2) is 0 Å². The molecule has 0 heterocycles. The van der Waals surface area contributed by atoms with Crippen molar-refractivity contribution in [2.24, 2.45) is 0 Å². The second-order valence-corrected chi connectivity index (χ2v) is 5.47. The van der Waals surface area contributed by atoms with Crippen molar-refractivity contribution in [2.45, 2.75) is 6.92 Å². The van der Waals surface area contributed by atoms with Gasteiger partial charge in [0, 0.05) is 35.1 Å². The fourth-order valence-electron chi connectivity index (χ4n) is 1.38. The van der Waals surface area contributed by atoms with E-state index in [1.54, 1.807) is 6.92 Å². The monoisotopic (exact) mass is 301 g/mol. The molecule has 0 spiro atoms. The van der Waals surface area contributed by atoms with Crippen LogP contribution in [0.1, 0.15) is 17.3 Å². The maximum absolute atomic E-state index is 11.3. The summed E-state index contributed by atoms with van der Waals surface area (Å²) in [5.74, 6) is 1.19. The van der Waals surface area contributed by atoms with Crippen LogP contribution in [0.2, 0.25) is 0 Å². The molecule has 0 N–H and O–H groups in total. The summed E-state index contributed by atoms with van der Waals surface area (Å²) in [4.78, 5) is 13.5. The molecule has 16 heavy (non-hydrogen) atoms. The highest BCUT2D eigenvalue weighted by atomic mass is 79.9. The Morgan fingerprint density at radius 1 is 1.50 bits per heavy atom. The topological polar surface area (TPSA) is 20.3 Å². The van der Waals surface area contributed by atoms with Crippen LogP contribution in [0.25, 0.3) is 0 Å². The van der Waals surface area contributed by atoms with Gasteiger partial charge in [-0.05, 0) is 47.3 Å². The number of benzene rings is 1. The molecule has 88 valence electrons. The Balaban J connectivity index is 2.84. The third kappa shape index (κ3) is 3.52. The molecule has 1 aromatic rings. The second kappa shape index (κ2) is 6.30. The number of thioether (sulfide) groups is 1.